The maximum Gasteiger partial charge on any atom is 0.373 e. The van der Waals surface area contributed by atoms with Crippen LogP contribution in [0.25, 0.3) is 10.8 Å². The number of carbonyl (C=O) groups excluding carboxylic acids is 2. The number of thioether (sulfide) groups is 1. The Morgan fingerprint density at radius 2 is 1.85 bits per heavy atom. The van der Waals surface area contributed by atoms with Gasteiger partial charge in [-0.05, 0) is 16.3 Å². The minimum Gasteiger partial charge on any atom is -0.197 e. The molecule has 20 heavy (non-hydrogen) atoms. The normalized spacial score (nSPS) is 9.60. The minimum absolute atomic E-state index is 0.250. The molecule has 0 aliphatic heterocycles. The lowest BCUT2D eigenvalue weighted by atomic mass is 10.1. The molecule has 0 spiro atoms. The van der Waals surface area contributed by atoms with Crippen LogP contribution in [0.2, 0.25) is 0 Å². The van der Waals surface area contributed by atoms with E-state index in [4.69, 9.17) is 9.59 Å². The van der Waals surface area contributed by atoms with E-state index in [1.54, 1.807) is 18.0 Å². The summed E-state index contributed by atoms with van der Waals surface area (Å²) in [5.41, 5.74) is 1.30. The molecule has 0 bridgehead atoms. The van der Waals surface area contributed by atoms with Crippen LogP contribution < -0.4 is 0 Å². The van der Waals surface area contributed by atoms with Gasteiger partial charge in [0.25, 0.3) is 0 Å². The third-order valence-corrected chi connectivity index (χ3v) is 3.56. The highest BCUT2D eigenvalue weighted by atomic mass is 32.2. The number of aromatic amines is 1. The predicted molar refractivity (Wildman–Crippen MR) is 74.9 cm³/mol. The fraction of sp³-hybridized carbons (Fsp3) is 0.0714. The second-order valence-corrected chi connectivity index (χ2v) is 4.86. The Morgan fingerprint density at radius 3 is 2.55 bits per heavy atom. The van der Waals surface area contributed by atoms with Crippen molar-refractivity contribution in [3.8, 4) is 0 Å². The average molecular weight is 285 g/mol. The molecule has 3 aromatic rings. The van der Waals surface area contributed by atoms with Crippen molar-refractivity contribution in [1.29, 1.82) is 0 Å². The van der Waals surface area contributed by atoms with Gasteiger partial charge in [-0.2, -0.15) is 19.9 Å². The van der Waals surface area contributed by atoms with Crippen LogP contribution >= 0.6 is 11.8 Å². The molecule has 0 fully saturated rings. The highest BCUT2D eigenvalue weighted by Gasteiger charge is 2.00. The molecule has 2 aromatic carbocycles. The first-order valence-corrected chi connectivity index (χ1v) is 6.77. The molecule has 0 saturated carbocycles. The second-order valence-electron chi connectivity index (χ2n) is 3.86. The number of nitrogens with one attached hydrogen (secondary N) is 1. The van der Waals surface area contributed by atoms with Gasteiger partial charge in [-0.3, -0.25) is 0 Å². The van der Waals surface area contributed by atoms with E-state index in [0.29, 0.717) is 0 Å². The van der Waals surface area contributed by atoms with Crippen LogP contribution in [0.5, 0.6) is 0 Å². The number of hydrogen-bond donors (Lipinski definition) is 1. The SMILES string of the molecule is O=C=O.c1ccc2cc(CSc3cn[nH]n3)ccc2c1. The van der Waals surface area contributed by atoms with Crippen molar-refractivity contribution in [3.63, 3.8) is 0 Å². The predicted octanol–water partition coefficient (Wildman–Crippen LogP) is 2.67. The molecule has 0 aliphatic carbocycles. The smallest absolute Gasteiger partial charge is 0.197 e. The van der Waals surface area contributed by atoms with Gasteiger partial charge >= 0.3 is 6.15 Å². The van der Waals surface area contributed by atoms with Crippen LogP contribution in [0, 0.1) is 0 Å². The van der Waals surface area contributed by atoms with Crippen molar-refractivity contribution >= 4 is 28.7 Å². The summed E-state index contributed by atoms with van der Waals surface area (Å²) >= 11 is 1.68. The van der Waals surface area contributed by atoms with Crippen LogP contribution in [0.4, 0.5) is 0 Å². The van der Waals surface area contributed by atoms with Crippen LogP contribution in [-0.4, -0.2) is 21.6 Å². The number of rotatable bonds is 3. The first-order valence-electron chi connectivity index (χ1n) is 5.79. The summed E-state index contributed by atoms with van der Waals surface area (Å²) in [6.07, 6.45) is 1.99. The first-order chi connectivity index (χ1) is 9.83. The molecular formula is C14H11N3O2S. The summed E-state index contributed by atoms with van der Waals surface area (Å²) in [6.45, 7) is 0. The summed E-state index contributed by atoms with van der Waals surface area (Å²) in [7, 11) is 0. The highest BCUT2D eigenvalue weighted by molar-refractivity contribution is 7.98. The molecular weight excluding hydrogens is 274 g/mol. The van der Waals surface area contributed by atoms with Crippen molar-refractivity contribution in [1.82, 2.24) is 15.4 Å². The third kappa shape index (κ3) is 3.78. The Hall–Kier alpha value is -2.43. The molecule has 0 amide bonds. The van der Waals surface area contributed by atoms with Crippen molar-refractivity contribution in [2.45, 2.75) is 10.8 Å². The van der Waals surface area contributed by atoms with E-state index in [1.807, 2.05) is 0 Å². The maximum atomic E-state index is 8.12. The number of benzene rings is 2. The summed E-state index contributed by atoms with van der Waals surface area (Å²) in [4.78, 5) is 16.2. The molecule has 5 nitrogen and oxygen atoms in total. The Labute approximate surface area is 119 Å². The van der Waals surface area contributed by atoms with Crippen LogP contribution in [0.1, 0.15) is 5.56 Å². The zero-order valence-electron chi connectivity index (χ0n) is 10.4. The second kappa shape index (κ2) is 7.23. The van der Waals surface area contributed by atoms with E-state index in [1.165, 1.54) is 16.3 Å². The fourth-order valence-corrected chi connectivity index (χ4v) is 2.47. The van der Waals surface area contributed by atoms with Crippen molar-refractivity contribution < 1.29 is 9.59 Å². The van der Waals surface area contributed by atoms with E-state index in [0.717, 1.165) is 10.8 Å². The molecule has 1 N–H and O–H groups in total. The number of hydrogen-bond acceptors (Lipinski definition) is 5. The fourth-order valence-electron chi connectivity index (χ4n) is 1.75. The van der Waals surface area contributed by atoms with E-state index >= 15 is 0 Å². The van der Waals surface area contributed by atoms with Crippen molar-refractivity contribution in [2.24, 2.45) is 0 Å². The molecule has 1 aromatic heterocycles. The lowest BCUT2D eigenvalue weighted by molar-refractivity contribution is -0.191. The Morgan fingerprint density at radius 1 is 1.10 bits per heavy atom. The number of H-pyrrole nitrogens is 1. The van der Waals surface area contributed by atoms with Crippen molar-refractivity contribution in [3.05, 3.63) is 54.2 Å². The lowest BCUT2D eigenvalue weighted by Gasteiger charge is -2.02. The van der Waals surface area contributed by atoms with E-state index < -0.39 is 0 Å². The highest BCUT2D eigenvalue weighted by Crippen LogP contribution is 2.22. The molecule has 0 unspecified atom stereocenters. The van der Waals surface area contributed by atoms with Gasteiger partial charge in [0, 0.05) is 5.75 Å². The molecule has 0 saturated heterocycles. The molecule has 0 aliphatic rings. The minimum atomic E-state index is 0.250. The molecule has 6 heteroatoms. The Balaban J connectivity index is 0.000000452. The zero-order chi connectivity index (χ0) is 14.2. The summed E-state index contributed by atoms with van der Waals surface area (Å²) in [6, 6.07) is 14.9. The summed E-state index contributed by atoms with van der Waals surface area (Å²) < 4.78 is 0. The van der Waals surface area contributed by atoms with Gasteiger partial charge < -0.3 is 0 Å². The van der Waals surface area contributed by atoms with E-state index in [2.05, 4.69) is 57.9 Å². The summed E-state index contributed by atoms with van der Waals surface area (Å²) in [5.74, 6) is 0.914. The average Bonchev–Trinajstić information content (AvgIpc) is 2.99. The summed E-state index contributed by atoms with van der Waals surface area (Å²) in [5, 5.41) is 13.9. The van der Waals surface area contributed by atoms with Crippen LogP contribution in [-0.2, 0) is 15.3 Å². The standard InChI is InChI=1S/C13H11N3S.CO2/c1-2-4-12-7-10(5-6-11(12)3-1)9-17-13-8-14-16-15-13;2-1-3/h1-8H,9H2,(H,14,15,16);. The van der Waals surface area contributed by atoms with Gasteiger partial charge in [0.15, 0.2) is 0 Å². The third-order valence-electron chi connectivity index (χ3n) is 2.59. The van der Waals surface area contributed by atoms with Gasteiger partial charge in [-0.1, -0.05) is 54.2 Å². The molecule has 3 rings (SSSR count). The molecule has 0 radical (unpaired) electrons. The largest absolute Gasteiger partial charge is 0.373 e. The topological polar surface area (TPSA) is 75.7 Å². The molecule has 100 valence electrons. The quantitative estimate of drug-likeness (QED) is 0.749. The maximum absolute atomic E-state index is 8.12. The lowest BCUT2D eigenvalue weighted by Crippen LogP contribution is -1.81. The van der Waals surface area contributed by atoms with Gasteiger partial charge in [-0.15, -0.1) is 5.10 Å². The van der Waals surface area contributed by atoms with E-state index in [-0.39, 0.29) is 6.15 Å². The Kier molecular flexibility index (Phi) is 5.06. The number of aromatic nitrogens is 3. The Bertz CT molecular complexity index is 707. The number of fused-ring (bicyclic) bond motifs is 1. The molecule has 1 heterocycles. The van der Waals surface area contributed by atoms with Crippen molar-refractivity contribution in [2.75, 3.05) is 0 Å². The van der Waals surface area contributed by atoms with Gasteiger partial charge in [0.1, 0.15) is 5.03 Å². The van der Waals surface area contributed by atoms with Gasteiger partial charge in [0.05, 0.1) is 6.20 Å². The first kappa shape index (κ1) is 14.0. The monoisotopic (exact) mass is 285 g/mol. The van der Waals surface area contributed by atoms with Crippen LogP contribution in [0.3, 0.4) is 0 Å². The van der Waals surface area contributed by atoms with E-state index in [9.17, 15) is 0 Å². The van der Waals surface area contributed by atoms with Gasteiger partial charge in [-0.25, -0.2) is 0 Å². The molecule has 0 atom stereocenters. The number of nitrogens with zero attached hydrogens (tertiary/aromatic N) is 2. The van der Waals surface area contributed by atoms with Gasteiger partial charge in [0.2, 0.25) is 0 Å². The van der Waals surface area contributed by atoms with Crippen LogP contribution in [0.15, 0.2) is 53.7 Å². The zero-order valence-corrected chi connectivity index (χ0v) is 11.3.